The average molecular weight is 264 g/mol. The predicted molar refractivity (Wildman–Crippen MR) is 70.2 cm³/mol. The molecule has 0 aromatic heterocycles. The summed E-state index contributed by atoms with van der Waals surface area (Å²) in [5.74, 6) is -0.249. The molecule has 0 radical (unpaired) electrons. The van der Waals surface area contributed by atoms with Gasteiger partial charge in [0.1, 0.15) is 5.82 Å². The molecule has 1 N–H and O–H groups in total. The molecule has 1 aromatic carbocycles. The van der Waals surface area contributed by atoms with Gasteiger partial charge in [-0.3, -0.25) is 9.59 Å². The quantitative estimate of drug-likeness (QED) is 0.880. The molecular formula is C14H17FN2O2. The SMILES string of the molecule is CC(=O)N(CCNC(=O)C1CC1)c1ccc(F)cc1. The summed E-state index contributed by atoms with van der Waals surface area (Å²) in [5, 5.41) is 2.80. The summed E-state index contributed by atoms with van der Waals surface area (Å²) < 4.78 is 12.8. The average Bonchev–Trinajstić information content (AvgIpc) is 3.19. The summed E-state index contributed by atoms with van der Waals surface area (Å²) in [4.78, 5) is 24.6. The Morgan fingerprint density at radius 3 is 2.47 bits per heavy atom. The van der Waals surface area contributed by atoms with Gasteiger partial charge in [0.15, 0.2) is 0 Å². The van der Waals surface area contributed by atoms with Gasteiger partial charge in [0.2, 0.25) is 11.8 Å². The second-order valence-electron chi connectivity index (χ2n) is 4.71. The van der Waals surface area contributed by atoms with Crippen molar-refractivity contribution in [2.75, 3.05) is 18.0 Å². The molecule has 19 heavy (non-hydrogen) atoms. The van der Waals surface area contributed by atoms with Crippen molar-refractivity contribution in [2.24, 2.45) is 5.92 Å². The van der Waals surface area contributed by atoms with Gasteiger partial charge in [0, 0.05) is 31.6 Å². The number of anilines is 1. The molecule has 1 aliphatic rings. The number of benzene rings is 1. The lowest BCUT2D eigenvalue weighted by atomic mass is 10.2. The van der Waals surface area contributed by atoms with E-state index in [2.05, 4.69) is 5.32 Å². The number of carbonyl (C=O) groups excluding carboxylic acids is 2. The molecule has 5 heteroatoms. The summed E-state index contributed by atoms with van der Waals surface area (Å²) in [6.45, 7) is 2.25. The number of halogens is 1. The normalized spacial score (nSPS) is 14.0. The van der Waals surface area contributed by atoms with E-state index >= 15 is 0 Å². The number of nitrogens with one attached hydrogen (secondary N) is 1. The lowest BCUT2D eigenvalue weighted by Gasteiger charge is -2.21. The van der Waals surface area contributed by atoms with Gasteiger partial charge in [-0.15, -0.1) is 0 Å². The molecule has 102 valence electrons. The highest BCUT2D eigenvalue weighted by Gasteiger charge is 2.29. The third-order valence-corrected chi connectivity index (χ3v) is 3.10. The first-order valence-electron chi connectivity index (χ1n) is 6.39. The van der Waals surface area contributed by atoms with Crippen LogP contribution in [0, 0.1) is 11.7 Å². The number of nitrogens with zero attached hydrogens (tertiary/aromatic N) is 1. The summed E-state index contributed by atoms with van der Waals surface area (Å²) in [6.07, 6.45) is 1.92. The molecule has 1 aliphatic carbocycles. The first-order chi connectivity index (χ1) is 9.08. The van der Waals surface area contributed by atoms with Crippen LogP contribution in [0.1, 0.15) is 19.8 Å². The molecule has 4 nitrogen and oxygen atoms in total. The van der Waals surface area contributed by atoms with Gasteiger partial charge in [0.25, 0.3) is 0 Å². The van der Waals surface area contributed by atoms with E-state index in [0.717, 1.165) is 12.8 Å². The first kappa shape index (κ1) is 13.5. The van der Waals surface area contributed by atoms with E-state index in [1.807, 2.05) is 0 Å². The van der Waals surface area contributed by atoms with E-state index in [4.69, 9.17) is 0 Å². The van der Waals surface area contributed by atoms with E-state index in [-0.39, 0.29) is 23.5 Å². The molecular weight excluding hydrogens is 247 g/mol. The van der Waals surface area contributed by atoms with Gasteiger partial charge >= 0.3 is 0 Å². The van der Waals surface area contributed by atoms with Crippen molar-refractivity contribution < 1.29 is 14.0 Å². The van der Waals surface area contributed by atoms with Crippen LogP contribution in [0.2, 0.25) is 0 Å². The van der Waals surface area contributed by atoms with Crippen molar-refractivity contribution in [2.45, 2.75) is 19.8 Å². The van der Waals surface area contributed by atoms with Crippen molar-refractivity contribution in [1.29, 1.82) is 0 Å². The Balaban J connectivity index is 1.90. The Morgan fingerprint density at radius 2 is 1.95 bits per heavy atom. The summed E-state index contributed by atoms with van der Waals surface area (Å²) >= 11 is 0. The molecule has 0 atom stereocenters. The lowest BCUT2D eigenvalue weighted by Crippen LogP contribution is -2.38. The van der Waals surface area contributed by atoms with Crippen molar-refractivity contribution >= 4 is 17.5 Å². The first-order valence-corrected chi connectivity index (χ1v) is 6.39. The minimum absolute atomic E-state index is 0.0580. The van der Waals surface area contributed by atoms with Crippen LogP contribution in [0.5, 0.6) is 0 Å². The van der Waals surface area contributed by atoms with Crippen molar-refractivity contribution in [1.82, 2.24) is 5.32 Å². The highest BCUT2D eigenvalue weighted by Crippen LogP contribution is 2.28. The number of amides is 2. The van der Waals surface area contributed by atoms with E-state index in [9.17, 15) is 14.0 Å². The predicted octanol–water partition coefficient (Wildman–Crippen LogP) is 1.70. The van der Waals surface area contributed by atoms with Gasteiger partial charge < -0.3 is 10.2 Å². The third-order valence-electron chi connectivity index (χ3n) is 3.10. The molecule has 1 aromatic rings. The Bertz CT molecular complexity index is 469. The highest BCUT2D eigenvalue weighted by molar-refractivity contribution is 5.91. The van der Waals surface area contributed by atoms with Crippen molar-refractivity contribution in [3.05, 3.63) is 30.1 Å². The van der Waals surface area contributed by atoms with E-state index in [1.54, 1.807) is 12.1 Å². The number of hydrogen-bond acceptors (Lipinski definition) is 2. The van der Waals surface area contributed by atoms with Gasteiger partial charge in [-0.25, -0.2) is 4.39 Å². The highest BCUT2D eigenvalue weighted by atomic mass is 19.1. The maximum absolute atomic E-state index is 12.8. The van der Waals surface area contributed by atoms with E-state index < -0.39 is 0 Å². The molecule has 2 amide bonds. The standard InChI is InChI=1S/C14H17FN2O2/c1-10(18)17(13-6-4-12(15)5-7-13)9-8-16-14(19)11-2-3-11/h4-7,11H,2-3,8-9H2,1H3,(H,16,19). The lowest BCUT2D eigenvalue weighted by molar-refractivity contribution is -0.122. The Kier molecular flexibility index (Phi) is 4.14. The molecule has 0 aliphatic heterocycles. The Labute approximate surface area is 111 Å². The van der Waals surface area contributed by atoms with Crippen LogP contribution < -0.4 is 10.2 Å². The summed E-state index contributed by atoms with van der Waals surface area (Å²) in [7, 11) is 0. The smallest absolute Gasteiger partial charge is 0.223 e. The molecule has 0 spiro atoms. The fraction of sp³-hybridized carbons (Fsp3) is 0.429. The molecule has 1 fully saturated rings. The Hall–Kier alpha value is -1.91. The van der Waals surface area contributed by atoms with Crippen LogP contribution in [-0.2, 0) is 9.59 Å². The van der Waals surface area contributed by atoms with Crippen LogP contribution in [0.3, 0.4) is 0 Å². The van der Waals surface area contributed by atoms with E-state index in [1.165, 1.54) is 24.0 Å². The van der Waals surface area contributed by atoms with Gasteiger partial charge in [-0.05, 0) is 37.1 Å². The van der Waals surface area contributed by atoms with Crippen LogP contribution in [0.15, 0.2) is 24.3 Å². The van der Waals surface area contributed by atoms with Crippen LogP contribution >= 0.6 is 0 Å². The molecule has 1 saturated carbocycles. The molecule has 0 saturated heterocycles. The zero-order chi connectivity index (χ0) is 13.8. The second-order valence-corrected chi connectivity index (χ2v) is 4.71. The fourth-order valence-electron chi connectivity index (χ4n) is 1.87. The van der Waals surface area contributed by atoms with Crippen molar-refractivity contribution in [3.8, 4) is 0 Å². The Morgan fingerprint density at radius 1 is 1.32 bits per heavy atom. The maximum atomic E-state index is 12.8. The molecule has 2 rings (SSSR count). The summed E-state index contributed by atoms with van der Waals surface area (Å²) in [5.41, 5.74) is 0.634. The number of rotatable bonds is 5. The molecule has 0 heterocycles. The van der Waals surface area contributed by atoms with Crippen LogP contribution in [-0.4, -0.2) is 24.9 Å². The maximum Gasteiger partial charge on any atom is 0.223 e. The monoisotopic (exact) mass is 264 g/mol. The largest absolute Gasteiger partial charge is 0.354 e. The second kappa shape index (κ2) is 5.82. The summed E-state index contributed by atoms with van der Waals surface area (Å²) in [6, 6.07) is 5.74. The van der Waals surface area contributed by atoms with Crippen LogP contribution in [0.4, 0.5) is 10.1 Å². The number of carbonyl (C=O) groups is 2. The molecule has 0 unspecified atom stereocenters. The third kappa shape index (κ3) is 3.77. The van der Waals surface area contributed by atoms with Crippen LogP contribution in [0.25, 0.3) is 0 Å². The van der Waals surface area contributed by atoms with Gasteiger partial charge in [-0.1, -0.05) is 0 Å². The fourth-order valence-corrected chi connectivity index (χ4v) is 1.87. The zero-order valence-corrected chi connectivity index (χ0v) is 10.9. The van der Waals surface area contributed by atoms with Gasteiger partial charge in [-0.2, -0.15) is 0 Å². The number of hydrogen-bond donors (Lipinski definition) is 1. The minimum Gasteiger partial charge on any atom is -0.354 e. The van der Waals surface area contributed by atoms with Gasteiger partial charge in [0.05, 0.1) is 0 Å². The topological polar surface area (TPSA) is 49.4 Å². The minimum atomic E-state index is -0.339. The van der Waals surface area contributed by atoms with E-state index in [0.29, 0.717) is 18.8 Å². The van der Waals surface area contributed by atoms with Crippen molar-refractivity contribution in [3.63, 3.8) is 0 Å². The zero-order valence-electron chi connectivity index (χ0n) is 10.9. The molecule has 0 bridgehead atoms.